The Kier molecular flexibility index (Phi) is 1.29. The van der Waals surface area contributed by atoms with Gasteiger partial charge in [0.15, 0.2) is 0 Å². The lowest BCUT2D eigenvalue weighted by Crippen LogP contribution is -1.94. The van der Waals surface area contributed by atoms with Crippen molar-refractivity contribution in [3.8, 4) is 11.6 Å². The average Bonchev–Trinajstić information content (AvgIpc) is 2.45. The normalized spacial score (nSPS) is 13.5. The SMILES string of the molecule is Nc1c(Cl)cnc2c1OCO2. The molecule has 2 heterocycles. The number of ether oxygens (including phenoxy) is 2. The number of hydrogen-bond acceptors (Lipinski definition) is 4. The molecule has 0 aliphatic carbocycles. The summed E-state index contributed by atoms with van der Waals surface area (Å²) >= 11 is 5.67. The molecule has 0 saturated carbocycles. The van der Waals surface area contributed by atoms with Crippen LogP contribution < -0.4 is 15.2 Å². The number of hydrogen-bond donors (Lipinski definition) is 1. The fourth-order valence-corrected chi connectivity index (χ4v) is 0.988. The molecule has 0 amide bonds. The molecule has 0 unspecified atom stereocenters. The maximum Gasteiger partial charge on any atom is 0.262 e. The van der Waals surface area contributed by atoms with Crippen molar-refractivity contribution in [1.29, 1.82) is 0 Å². The molecule has 0 aromatic carbocycles. The Morgan fingerprint density at radius 3 is 3.18 bits per heavy atom. The highest BCUT2D eigenvalue weighted by Crippen LogP contribution is 2.38. The third-order valence-corrected chi connectivity index (χ3v) is 1.69. The minimum absolute atomic E-state index is 0.160. The number of nitrogens with two attached hydrogens (primary N) is 1. The van der Waals surface area contributed by atoms with Crippen molar-refractivity contribution in [2.24, 2.45) is 0 Å². The number of anilines is 1. The van der Waals surface area contributed by atoms with E-state index in [1.54, 1.807) is 0 Å². The smallest absolute Gasteiger partial charge is 0.262 e. The number of fused-ring (bicyclic) bond motifs is 1. The van der Waals surface area contributed by atoms with Gasteiger partial charge in [0.05, 0.1) is 11.2 Å². The number of nitrogen functional groups attached to an aromatic ring is 1. The van der Waals surface area contributed by atoms with E-state index in [2.05, 4.69) is 4.98 Å². The van der Waals surface area contributed by atoms with E-state index in [0.29, 0.717) is 22.3 Å². The van der Waals surface area contributed by atoms with Gasteiger partial charge < -0.3 is 15.2 Å². The summed E-state index contributed by atoms with van der Waals surface area (Å²) in [5.41, 5.74) is 5.94. The minimum atomic E-state index is 0.160. The number of pyridine rings is 1. The van der Waals surface area contributed by atoms with Gasteiger partial charge in [0.1, 0.15) is 5.69 Å². The van der Waals surface area contributed by atoms with Crippen molar-refractivity contribution in [1.82, 2.24) is 4.98 Å². The lowest BCUT2D eigenvalue weighted by molar-refractivity contribution is 0.171. The summed E-state index contributed by atoms with van der Waals surface area (Å²) in [5, 5.41) is 0.384. The molecule has 0 spiro atoms. The first-order valence-electron chi connectivity index (χ1n) is 2.98. The highest BCUT2D eigenvalue weighted by Gasteiger charge is 2.19. The van der Waals surface area contributed by atoms with E-state index in [0.717, 1.165) is 0 Å². The Morgan fingerprint density at radius 2 is 2.36 bits per heavy atom. The van der Waals surface area contributed by atoms with Gasteiger partial charge >= 0.3 is 0 Å². The molecule has 0 saturated heterocycles. The van der Waals surface area contributed by atoms with Crippen molar-refractivity contribution in [2.75, 3.05) is 12.5 Å². The Morgan fingerprint density at radius 1 is 1.55 bits per heavy atom. The van der Waals surface area contributed by atoms with E-state index in [1.807, 2.05) is 0 Å². The molecule has 2 rings (SSSR count). The molecule has 1 aromatic heterocycles. The zero-order valence-corrected chi connectivity index (χ0v) is 6.26. The van der Waals surface area contributed by atoms with E-state index in [9.17, 15) is 0 Å². The largest absolute Gasteiger partial charge is 0.449 e. The van der Waals surface area contributed by atoms with Gasteiger partial charge in [-0.25, -0.2) is 4.98 Å². The Balaban J connectivity index is 2.62. The molecule has 11 heavy (non-hydrogen) atoms. The summed E-state index contributed by atoms with van der Waals surface area (Å²) in [4.78, 5) is 3.86. The highest BCUT2D eigenvalue weighted by atomic mass is 35.5. The van der Waals surface area contributed by atoms with Crippen LogP contribution in [0.25, 0.3) is 0 Å². The first-order valence-corrected chi connectivity index (χ1v) is 3.36. The van der Waals surface area contributed by atoms with Crippen LogP contribution in [0.3, 0.4) is 0 Å². The van der Waals surface area contributed by atoms with Gasteiger partial charge in [-0.3, -0.25) is 0 Å². The lowest BCUT2D eigenvalue weighted by atomic mass is 10.4. The van der Waals surface area contributed by atoms with E-state index in [1.165, 1.54) is 6.20 Å². The van der Waals surface area contributed by atoms with Crippen molar-refractivity contribution >= 4 is 17.3 Å². The fourth-order valence-electron chi connectivity index (χ4n) is 0.854. The summed E-state index contributed by atoms with van der Waals surface area (Å²) in [7, 11) is 0. The molecule has 1 aromatic rings. The topological polar surface area (TPSA) is 57.4 Å². The first-order chi connectivity index (χ1) is 5.29. The second kappa shape index (κ2) is 2.17. The molecule has 58 valence electrons. The maximum absolute atomic E-state index is 5.67. The van der Waals surface area contributed by atoms with Crippen LogP contribution in [0.5, 0.6) is 11.6 Å². The van der Waals surface area contributed by atoms with Gasteiger partial charge in [0.25, 0.3) is 5.88 Å². The van der Waals surface area contributed by atoms with Crippen LogP contribution in [0.4, 0.5) is 5.69 Å². The van der Waals surface area contributed by atoms with Crippen LogP contribution in [0.2, 0.25) is 5.02 Å². The second-order valence-electron chi connectivity index (χ2n) is 2.06. The van der Waals surface area contributed by atoms with Crippen molar-refractivity contribution < 1.29 is 9.47 Å². The van der Waals surface area contributed by atoms with E-state index in [4.69, 9.17) is 26.8 Å². The van der Waals surface area contributed by atoms with Gasteiger partial charge in [-0.2, -0.15) is 0 Å². The third-order valence-electron chi connectivity index (χ3n) is 1.39. The minimum Gasteiger partial charge on any atom is -0.449 e. The van der Waals surface area contributed by atoms with Gasteiger partial charge in [-0.1, -0.05) is 11.6 Å². The van der Waals surface area contributed by atoms with Crippen LogP contribution in [0, 0.1) is 0 Å². The number of halogens is 1. The quantitative estimate of drug-likeness (QED) is 0.636. The predicted octanol–water partition coefficient (Wildman–Crippen LogP) is 1.05. The zero-order valence-electron chi connectivity index (χ0n) is 5.50. The molecule has 0 bridgehead atoms. The van der Waals surface area contributed by atoms with Crippen LogP contribution in [0.15, 0.2) is 6.20 Å². The van der Waals surface area contributed by atoms with Crippen LogP contribution in [-0.2, 0) is 0 Å². The van der Waals surface area contributed by atoms with Crippen molar-refractivity contribution in [3.05, 3.63) is 11.2 Å². The third kappa shape index (κ3) is 0.867. The lowest BCUT2D eigenvalue weighted by Gasteiger charge is -1.99. The summed E-state index contributed by atoms with van der Waals surface area (Å²) in [5.74, 6) is 0.851. The number of rotatable bonds is 0. The molecule has 1 aliphatic heterocycles. The average molecular weight is 173 g/mol. The van der Waals surface area contributed by atoms with Gasteiger partial charge in [-0.15, -0.1) is 0 Å². The summed E-state index contributed by atoms with van der Waals surface area (Å²) < 4.78 is 9.98. The molecule has 0 fully saturated rings. The van der Waals surface area contributed by atoms with Gasteiger partial charge in [0, 0.05) is 0 Å². The van der Waals surface area contributed by atoms with Gasteiger partial charge in [-0.05, 0) is 0 Å². The second-order valence-corrected chi connectivity index (χ2v) is 2.47. The molecule has 2 N–H and O–H groups in total. The van der Waals surface area contributed by atoms with E-state index >= 15 is 0 Å². The molecule has 1 aliphatic rings. The molecule has 0 atom stereocenters. The molecular formula is C6H5ClN2O2. The van der Waals surface area contributed by atoms with Gasteiger partial charge in [0.2, 0.25) is 12.5 Å². The summed E-state index contributed by atoms with van der Waals surface area (Å²) in [6.07, 6.45) is 1.43. The highest BCUT2D eigenvalue weighted by molar-refractivity contribution is 6.33. The Bertz CT molecular complexity index is 303. The molecular weight excluding hydrogens is 168 g/mol. The summed E-state index contributed by atoms with van der Waals surface area (Å²) in [6.45, 7) is 0.160. The first kappa shape index (κ1) is 6.54. The molecule has 0 radical (unpaired) electrons. The number of aromatic nitrogens is 1. The van der Waals surface area contributed by atoms with E-state index < -0.39 is 0 Å². The maximum atomic E-state index is 5.67. The zero-order chi connectivity index (χ0) is 7.84. The Labute approximate surface area is 67.9 Å². The Hall–Kier alpha value is -1.16. The van der Waals surface area contributed by atoms with E-state index in [-0.39, 0.29) is 6.79 Å². The van der Waals surface area contributed by atoms with Crippen LogP contribution in [0.1, 0.15) is 0 Å². The predicted molar refractivity (Wildman–Crippen MR) is 39.8 cm³/mol. The van der Waals surface area contributed by atoms with Crippen molar-refractivity contribution in [3.63, 3.8) is 0 Å². The van der Waals surface area contributed by atoms with Crippen molar-refractivity contribution in [2.45, 2.75) is 0 Å². The van der Waals surface area contributed by atoms with Crippen LogP contribution >= 0.6 is 11.6 Å². The molecule has 4 nitrogen and oxygen atoms in total. The molecule has 5 heteroatoms. The standard InChI is InChI=1S/C6H5ClN2O2/c7-3-1-9-6-5(4(3)8)10-2-11-6/h1H,2H2,(H2,8,9). The number of nitrogens with zero attached hydrogens (tertiary/aromatic N) is 1. The fraction of sp³-hybridized carbons (Fsp3) is 0.167. The summed E-state index contributed by atoms with van der Waals surface area (Å²) in [6, 6.07) is 0. The monoisotopic (exact) mass is 172 g/mol. The van der Waals surface area contributed by atoms with Crippen LogP contribution in [-0.4, -0.2) is 11.8 Å².